The van der Waals surface area contributed by atoms with Crippen LogP contribution in [0.4, 0.5) is 11.4 Å². The van der Waals surface area contributed by atoms with Crippen molar-refractivity contribution in [2.75, 3.05) is 4.90 Å². The Morgan fingerprint density at radius 1 is 0.512 bits per heavy atom. The van der Waals surface area contributed by atoms with E-state index >= 15 is 0 Å². The van der Waals surface area contributed by atoms with Crippen LogP contribution in [0.15, 0.2) is 156 Å². The van der Waals surface area contributed by atoms with Crippen molar-refractivity contribution in [2.45, 2.75) is 12.1 Å². The highest BCUT2D eigenvalue weighted by Gasteiger charge is 2.45. The molecule has 2 atom stereocenters. The Morgan fingerprint density at radius 2 is 1.21 bits per heavy atom. The second-order valence-corrected chi connectivity index (χ2v) is 10.5. The van der Waals surface area contributed by atoms with Gasteiger partial charge in [0, 0.05) is 29.2 Å². The van der Waals surface area contributed by atoms with Crippen LogP contribution in [0.3, 0.4) is 0 Å². The number of hydrogen-bond donors (Lipinski definition) is 0. The van der Waals surface area contributed by atoms with Gasteiger partial charge in [-0.25, -0.2) is 9.98 Å². The number of pyridine rings is 3. The highest BCUT2D eigenvalue weighted by molar-refractivity contribution is 6.20. The van der Waals surface area contributed by atoms with Crippen molar-refractivity contribution in [3.05, 3.63) is 163 Å². The van der Waals surface area contributed by atoms with E-state index < -0.39 is 0 Å². The normalized spacial score (nSPS) is 17.1. The first kappa shape index (κ1) is 25.0. The first-order chi connectivity index (χ1) is 21.3. The van der Waals surface area contributed by atoms with Crippen LogP contribution in [0, 0.1) is 0 Å². The number of fused-ring (bicyclic) bond motifs is 3. The molecule has 2 aliphatic heterocycles. The molecule has 6 aromatic rings. The molecule has 0 fully saturated rings. The molecule has 0 amide bonds. The third-order valence-electron chi connectivity index (χ3n) is 7.90. The molecule has 43 heavy (non-hydrogen) atoms. The SMILES string of the molecule is c1ccc(C2=Nc3cccnc3C3N=C(c4ccc(-c5cccc(-c6ccccn6)n5)cc4)N(c4ccccc4)C23)cc1. The number of para-hydroxylation sites is 1. The third kappa shape index (κ3) is 4.50. The lowest BCUT2D eigenvalue weighted by molar-refractivity contribution is 0.671. The van der Waals surface area contributed by atoms with Crippen LogP contribution in [0.25, 0.3) is 22.6 Å². The van der Waals surface area contributed by atoms with E-state index in [2.05, 4.69) is 82.7 Å². The number of rotatable bonds is 5. The maximum atomic E-state index is 5.39. The standard InChI is InChI=1S/C37H26N6/c1-3-11-26(12-4-1)33-36-35(34-32(41-33)18-10-24-39-34)42-37(43(36)28-13-5-2-6-14-28)27-21-19-25(20-22-27)29-16-9-17-31(40-29)30-15-7-8-23-38-30/h1-24,35-36H. The summed E-state index contributed by atoms with van der Waals surface area (Å²) in [5.74, 6) is 0.894. The van der Waals surface area contributed by atoms with E-state index in [1.165, 1.54) is 0 Å². The van der Waals surface area contributed by atoms with E-state index in [0.717, 1.165) is 62.4 Å². The van der Waals surface area contributed by atoms with Crippen LogP contribution in [0.2, 0.25) is 0 Å². The Kier molecular flexibility index (Phi) is 6.15. The Morgan fingerprint density at radius 3 is 2.00 bits per heavy atom. The lowest BCUT2D eigenvalue weighted by Crippen LogP contribution is -2.45. The summed E-state index contributed by atoms with van der Waals surface area (Å²) >= 11 is 0. The minimum absolute atomic E-state index is 0.140. The molecule has 6 heteroatoms. The van der Waals surface area contributed by atoms with Crippen molar-refractivity contribution >= 4 is 22.9 Å². The van der Waals surface area contributed by atoms with Crippen LogP contribution >= 0.6 is 0 Å². The fourth-order valence-corrected chi connectivity index (χ4v) is 5.92. The van der Waals surface area contributed by atoms with Crippen molar-refractivity contribution < 1.29 is 0 Å². The van der Waals surface area contributed by atoms with Crippen molar-refractivity contribution in [1.29, 1.82) is 0 Å². The van der Waals surface area contributed by atoms with Gasteiger partial charge in [0.25, 0.3) is 0 Å². The molecule has 3 aromatic heterocycles. The minimum atomic E-state index is -0.199. The highest BCUT2D eigenvalue weighted by Crippen LogP contribution is 2.44. The quantitative estimate of drug-likeness (QED) is 0.219. The molecule has 0 bridgehead atoms. The number of aromatic nitrogens is 3. The zero-order valence-electron chi connectivity index (χ0n) is 23.2. The molecule has 0 N–H and O–H groups in total. The molecule has 0 aliphatic carbocycles. The molecule has 0 spiro atoms. The van der Waals surface area contributed by atoms with Crippen molar-refractivity contribution in [1.82, 2.24) is 15.0 Å². The number of aliphatic imine (C=N–C) groups is 2. The Labute approximate surface area is 249 Å². The fourth-order valence-electron chi connectivity index (χ4n) is 5.92. The average Bonchev–Trinajstić information content (AvgIpc) is 3.50. The van der Waals surface area contributed by atoms with E-state index in [-0.39, 0.29) is 12.1 Å². The van der Waals surface area contributed by atoms with Crippen LogP contribution in [-0.2, 0) is 0 Å². The maximum absolute atomic E-state index is 5.39. The van der Waals surface area contributed by atoms with Crippen LogP contribution in [0.5, 0.6) is 0 Å². The summed E-state index contributed by atoms with van der Waals surface area (Å²) in [5.41, 5.74) is 9.55. The van der Waals surface area contributed by atoms with E-state index in [4.69, 9.17) is 20.0 Å². The second kappa shape index (κ2) is 10.6. The number of hydrogen-bond acceptors (Lipinski definition) is 6. The van der Waals surface area contributed by atoms with Gasteiger partial charge in [-0.1, -0.05) is 84.9 Å². The summed E-state index contributed by atoms with van der Waals surface area (Å²) in [6.07, 6.45) is 3.62. The zero-order valence-corrected chi connectivity index (χ0v) is 23.2. The third-order valence-corrected chi connectivity index (χ3v) is 7.90. The van der Waals surface area contributed by atoms with Crippen molar-refractivity contribution in [2.24, 2.45) is 9.98 Å². The fraction of sp³-hybridized carbons (Fsp3) is 0.0541. The lowest BCUT2D eigenvalue weighted by Gasteiger charge is -2.34. The predicted octanol–water partition coefficient (Wildman–Crippen LogP) is 7.72. The Bertz CT molecular complexity index is 1970. The van der Waals surface area contributed by atoms with Gasteiger partial charge in [-0.2, -0.15) is 0 Å². The maximum Gasteiger partial charge on any atom is 0.136 e. The van der Waals surface area contributed by atoms with Crippen molar-refractivity contribution in [3.63, 3.8) is 0 Å². The van der Waals surface area contributed by atoms with Gasteiger partial charge in [-0.15, -0.1) is 0 Å². The Balaban J connectivity index is 1.23. The van der Waals surface area contributed by atoms with Gasteiger partial charge < -0.3 is 4.90 Å². The number of nitrogens with zero attached hydrogens (tertiary/aromatic N) is 6. The molecular weight excluding hydrogens is 528 g/mol. The molecule has 204 valence electrons. The molecule has 0 radical (unpaired) electrons. The van der Waals surface area contributed by atoms with Gasteiger partial charge >= 0.3 is 0 Å². The minimum Gasteiger partial charge on any atom is -0.314 e. The smallest absolute Gasteiger partial charge is 0.136 e. The molecule has 2 unspecified atom stereocenters. The van der Waals surface area contributed by atoms with E-state index in [0.29, 0.717) is 0 Å². The predicted molar refractivity (Wildman–Crippen MR) is 172 cm³/mol. The molecule has 6 nitrogen and oxygen atoms in total. The number of amidine groups is 1. The molecule has 3 aromatic carbocycles. The summed E-state index contributed by atoms with van der Waals surface area (Å²) in [4.78, 5) is 27.0. The first-order valence-electron chi connectivity index (χ1n) is 14.3. The topological polar surface area (TPSA) is 66.6 Å². The van der Waals surface area contributed by atoms with Crippen LogP contribution in [-0.4, -0.2) is 32.5 Å². The summed E-state index contributed by atoms with van der Waals surface area (Å²) in [6.45, 7) is 0. The lowest BCUT2D eigenvalue weighted by atomic mass is 9.90. The molecule has 5 heterocycles. The van der Waals surface area contributed by atoms with Gasteiger partial charge in [0.2, 0.25) is 0 Å². The highest BCUT2D eigenvalue weighted by atomic mass is 15.3. The van der Waals surface area contributed by atoms with Gasteiger partial charge in [0.1, 0.15) is 17.9 Å². The summed E-state index contributed by atoms with van der Waals surface area (Å²) in [6, 6.07) is 44.9. The second-order valence-electron chi connectivity index (χ2n) is 10.5. The summed E-state index contributed by atoms with van der Waals surface area (Å²) < 4.78 is 0. The van der Waals surface area contributed by atoms with Crippen molar-refractivity contribution in [3.8, 4) is 22.6 Å². The van der Waals surface area contributed by atoms with Crippen LogP contribution < -0.4 is 4.90 Å². The number of benzene rings is 3. The van der Waals surface area contributed by atoms with Gasteiger partial charge in [-0.05, 0) is 54.1 Å². The molecule has 0 saturated carbocycles. The number of anilines is 1. The molecule has 2 aliphatic rings. The Hall–Kier alpha value is -5.75. The average molecular weight is 555 g/mol. The molecular formula is C37H26N6. The van der Waals surface area contributed by atoms with Gasteiger partial charge in [0.15, 0.2) is 0 Å². The summed E-state index contributed by atoms with van der Waals surface area (Å²) in [7, 11) is 0. The van der Waals surface area contributed by atoms with E-state index in [1.54, 1.807) is 6.20 Å². The van der Waals surface area contributed by atoms with E-state index in [1.807, 2.05) is 66.9 Å². The van der Waals surface area contributed by atoms with Gasteiger partial charge in [0.05, 0.1) is 34.2 Å². The molecule has 0 saturated heterocycles. The van der Waals surface area contributed by atoms with E-state index in [9.17, 15) is 0 Å². The zero-order chi connectivity index (χ0) is 28.6. The van der Waals surface area contributed by atoms with Gasteiger partial charge in [-0.3, -0.25) is 15.0 Å². The first-order valence-corrected chi connectivity index (χ1v) is 14.3. The summed E-state index contributed by atoms with van der Waals surface area (Å²) in [5, 5.41) is 0. The largest absolute Gasteiger partial charge is 0.314 e. The monoisotopic (exact) mass is 554 g/mol. The molecule has 8 rings (SSSR count). The van der Waals surface area contributed by atoms with Crippen LogP contribution in [0.1, 0.15) is 22.9 Å².